The van der Waals surface area contributed by atoms with Gasteiger partial charge in [-0.05, 0) is 24.3 Å². The molecule has 0 aromatic heterocycles. The number of nitrogens with zero attached hydrogens (tertiary/aromatic N) is 1. The van der Waals surface area contributed by atoms with Crippen LogP contribution in [0.25, 0.3) is 0 Å². The fourth-order valence-corrected chi connectivity index (χ4v) is 2.12. The molecule has 2 N–H and O–H groups in total. The molecule has 0 radical (unpaired) electrons. The lowest BCUT2D eigenvalue weighted by atomic mass is 10.2. The molecular weight excluding hydrogens is 327 g/mol. The van der Waals surface area contributed by atoms with Gasteiger partial charge in [-0.15, -0.1) is 0 Å². The first kappa shape index (κ1) is 14.7. The molecule has 0 aliphatic carbocycles. The van der Waals surface area contributed by atoms with Gasteiger partial charge in [0.15, 0.2) is 0 Å². The zero-order valence-corrected chi connectivity index (χ0v) is 12.0. The highest BCUT2D eigenvalue weighted by molar-refractivity contribution is 6.36. The van der Waals surface area contributed by atoms with Crippen molar-refractivity contribution in [1.29, 1.82) is 0 Å². The van der Waals surface area contributed by atoms with Crippen LogP contribution in [0.4, 0.5) is 11.4 Å². The molecule has 2 aromatic carbocycles. The number of nitro benzene ring substituents is 1. The van der Waals surface area contributed by atoms with Gasteiger partial charge in [0, 0.05) is 11.1 Å². The molecule has 0 spiro atoms. The number of nitro groups is 1. The zero-order valence-electron chi connectivity index (χ0n) is 9.77. The quantitative estimate of drug-likeness (QED) is 0.491. The van der Waals surface area contributed by atoms with E-state index in [0.29, 0.717) is 10.8 Å². The van der Waals surface area contributed by atoms with Gasteiger partial charge in [0.25, 0.3) is 5.69 Å². The van der Waals surface area contributed by atoms with E-state index in [-0.39, 0.29) is 27.2 Å². The Bertz CT molecular complexity index is 692. The lowest BCUT2D eigenvalue weighted by molar-refractivity contribution is -0.383. The van der Waals surface area contributed by atoms with Crippen molar-refractivity contribution in [2.75, 3.05) is 5.73 Å². The molecule has 5 nitrogen and oxygen atoms in total. The Hall–Kier alpha value is -1.69. The Labute approximate surface area is 129 Å². The number of ether oxygens (including phenoxy) is 1. The van der Waals surface area contributed by atoms with Crippen LogP contribution < -0.4 is 10.5 Å². The van der Waals surface area contributed by atoms with Crippen LogP contribution in [0.2, 0.25) is 15.1 Å². The monoisotopic (exact) mass is 332 g/mol. The van der Waals surface area contributed by atoms with E-state index < -0.39 is 4.92 Å². The minimum Gasteiger partial charge on any atom is -0.454 e. The number of hydrogen-bond acceptors (Lipinski definition) is 4. The molecule has 0 bridgehead atoms. The van der Waals surface area contributed by atoms with Gasteiger partial charge >= 0.3 is 0 Å². The summed E-state index contributed by atoms with van der Waals surface area (Å²) in [7, 11) is 0. The predicted molar refractivity (Wildman–Crippen MR) is 79.1 cm³/mol. The molecule has 0 saturated heterocycles. The van der Waals surface area contributed by atoms with Crippen LogP contribution in [0.5, 0.6) is 11.5 Å². The molecule has 0 atom stereocenters. The Morgan fingerprint density at radius 2 is 1.75 bits per heavy atom. The van der Waals surface area contributed by atoms with Crippen LogP contribution >= 0.6 is 34.8 Å². The summed E-state index contributed by atoms with van der Waals surface area (Å²) >= 11 is 17.7. The van der Waals surface area contributed by atoms with E-state index in [1.807, 2.05) is 0 Å². The molecule has 0 fully saturated rings. The van der Waals surface area contributed by atoms with Crippen molar-refractivity contribution in [3.05, 3.63) is 55.5 Å². The van der Waals surface area contributed by atoms with E-state index in [0.717, 1.165) is 0 Å². The average Bonchev–Trinajstić information content (AvgIpc) is 2.37. The molecule has 0 aliphatic heterocycles. The average molecular weight is 334 g/mol. The van der Waals surface area contributed by atoms with Crippen molar-refractivity contribution in [2.24, 2.45) is 0 Å². The number of rotatable bonds is 3. The number of halogens is 3. The second kappa shape index (κ2) is 5.75. The van der Waals surface area contributed by atoms with Crippen LogP contribution in [0.15, 0.2) is 30.3 Å². The first-order valence-electron chi connectivity index (χ1n) is 5.25. The molecule has 2 rings (SSSR count). The third-order valence-corrected chi connectivity index (χ3v) is 3.35. The predicted octanol–water partition coefficient (Wildman–Crippen LogP) is 4.93. The highest BCUT2D eigenvalue weighted by atomic mass is 35.5. The number of hydrogen-bond donors (Lipinski definition) is 1. The molecule has 104 valence electrons. The van der Waals surface area contributed by atoms with E-state index in [1.165, 1.54) is 18.2 Å². The maximum absolute atomic E-state index is 10.7. The third-order valence-electron chi connectivity index (χ3n) is 2.43. The molecule has 0 saturated carbocycles. The first-order chi connectivity index (χ1) is 9.40. The topological polar surface area (TPSA) is 78.4 Å². The van der Waals surface area contributed by atoms with Gasteiger partial charge in [0.1, 0.15) is 22.2 Å². The number of benzene rings is 2. The summed E-state index contributed by atoms with van der Waals surface area (Å²) in [4.78, 5) is 10.1. The van der Waals surface area contributed by atoms with Gasteiger partial charge in [-0.2, -0.15) is 0 Å². The van der Waals surface area contributed by atoms with Crippen LogP contribution in [-0.4, -0.2) is 4.92 Å². The summed E-state index contributed by atoms with van der Waals surface area (Å²) in [5.74, 6) is 0.477. The lowest BCUT2D eigenvalue weighted by Crippen LogP contribution is -1.98. The number of nitrogens with two attached hydrogens (primary N) is 1. The summed E-state index contributed by atoms with van der Waals surface area (Å²) < 4.78 is 5.49. The fraction of sp³-hybridized carbons (Fsp3) is 0. The van der Waals surface area contributed by atoms with Gasteiger partial charge in [0.05, 0.1) is 9.95 Å². The largest absolute Gasteiger partial charge is 0.454 e. The van der Waals surface area contributed by atoms with E-state index >= 15 is 0 Å². The Balaban J connectivity index is 2.39. The zero-order chi connectivity index (χ0) is 14.9. The highest BCUT2D eigenvalue weighted by Crippen LogP contribution is 2.40. The molecular formula is C12H7Cl3N2O3. The van der Waals surface area contributed by atoms with Gasteiger partial charge in [0.2, 0.25) is 0 Å². The van der Waals surface area contributed by atoms with Gasteiger partial charge in [-0.1, -0.05) is 34.8 Å². The Morgan fingerprint density at radius 1 is 1.10 bits per heavy atom. The van der Waals surface area contributed by atoms with Crippen molar-refractivity contribution in [2.45, 2.75) is 0 Å². The fourth-order valence-electron chi connectivity index (χ4n) is 1.48. The second-order valence-electron chi connectivity index (χ2n) is 3.74. The summed E-state index contributed by atoms with van der Waals surface area (Å²) in [5, 5.41) is 11.4. The minimum atomic E-state index is -0.625. The summed E-state index contributed by atoms with van der Waals surface area (Å²) in [5.41, 5.74) is 5.14. The molecule has 0 heterocycles. The van der Waals surface area contributed by atoms with E-state index in [4.69, 9.17) is 45.3 Å². The first-order valence-corrected chi connectivity index (χ1v) is 6.39. The SMILES string of the molecule is Nc1c([N+](=O)[O-])ccc(Oc2ccc(Cl)cc2Cl)c1Cl. The van der Waals surface area contributed by atoms with Crippen LogP contribution in [-0.2, 0) is 0 Å². The molecule has 2 aromatic rings. The van der Waals surface area contributed by atoms with E-state index in [1.54, 1.807) is 12.1 Å². The molecule has 20 heavy (non-hydrogen) atoms. The van der Waals surface area contributed by atoms with E-state index in [2.05, 4.69) is 0 Å². The smallest absolute Gasteiger partial charge is 0.293 e. The van der Waals surface area contributed by atoms with Gasteiger partial charge in [-0.3, -0.25) is 10.1 Å². The molecule has 8 heteroatoms. The number of nitrogen functional groups attached to an aromatic ring is 1. The summed E-state index contributed by atoms with van der Waals surface area (Å²) in [6.45, 7) is 0. The third kappa shape index (κ3) is 2.90. The Kier molecular flexibility index (Phi) is 4.23. The minimum absolute atomic E-state index is 0.0507. The van der Waals surface area contributed by atoms with Crippen LogP contribution in [0.3, 0.4) is 0 Å². The molecule has 0 unspecified atom stereocenters. The summed E-state index contributed by atoms with van der Waals surface area (Å²) in [6.07, 6.45) is 0. The molecule has 0 aliphatic rings. The Morgan fingerprint density at radius 3 is 2.35 bits per heavy atom. The maximum Gasteiger partial charge on any atom is 0.293 e. The second-order valence-corrected chi connectivity index (χ2v) is 4.97. The van der Waals surface area contributed by atoms with Crippen molar-refractivity contribution < 1.29 is 9.66 Å². The standard InChI is InChI=1S/C12H7Cl3N2O3/c13-6-1-3-9(7(14)5-6)20-10-4-2-8(17(18)19)12(16)11(10)15/h1-5H,16H2. The van der Waals surface area contributed by atoms with Crippen molar-refractivity contribution in [1.82, 2.24) is 0 Å². The normalized spacial score (nSPS) is 10.3. The van der Waals surface area contributed by atoms with Crippen molar-refractivity contribution >= 4 is 46.2 Å². The van der Waals surface area contributed by atoms with E-state index in [9.17, 15) is 10.1 Å². The highest BCUT2D eigenvalue weighted by Gasteiger charge is 2.18. The molecule has 0 amide bonds. The lowest BCUT2D eigenvalue weighted by Gasteiger charge is -2.10. The van der Waals surface area contributed by atoms with Crippen LogP contribution in [0, 0.1) is 10.1 Å². The maximum atomic E-state index is 10.7. The van der Waals surface area contributed by atoms with Crippen molar-refractivity contribution in [3.8, 4) is 11.5 Å². The summed E-state index contributed by atoms with van der Waals surface area (Å²) in [6, 6.07) is 7.20. The number of anilines is 1. The van der Waals surface area contributed by atoms with Gasteiger partial charge in [-0.25, -0.2) is 0 Å². The van der Waals surface area contributed by atoms with Crippen molar-refractivity contribution in [3.63, 3.8) is 0 Å². The van der Waals surface area contributed by atoms with Gasteiger partial charge < -0.3 is 10.5 Å². The van der Waals surface area contributed by atoms with Crippen LogP contribution in [0.1, 0.15) is 0 Å².